The molecule has 4 N–H and O–H groups in total. The van der Waals surface area contributed by atoms with E-state index in [0.717, 1.165) is 10.8 Å². The van der Waals surface area contributed by atoms with Crippen LogP contribution >= 0.6 is 0 Å². The van der Waals surface area contributed by atoms with Crippen molar-refractivity contribution >= 4 is 39.3 Å². The van der Waals surface area contributed by atoms with Gasteiger partial charge in [-0.3, -0.25) is 14.8 Å². The van der Waals surface area contributed by atoms with Crippen LogP contribution < -0.4 is 11.2 Å². The molecule has 2 rings (SSSR count). The summed E-state index contributed by atoms with van der Waals surface area (Å²) in [5, 5.41) is 1.57. The van der Waals surface area contributed by atoms with E-state index in [9.17, 15) is 9.00 Å². The monoisotopic (exact) mass is 279 g/mol. The Balaban J connectivity index is 2.49. The number of rotatable bonds is 3. The summed E-state index contributed by atoms with van der Waals surface area (Å²) in [6.07, 6.45) is 0. The van der Waals surface area contributed by atoms with Gasteiger partial charge in [-0.05, 0) is 12.1 Å². The van der Waals surface area contributed by atoms with E-state index in [4.69, 9.17) is 10.3 Å². The van der Waals surface area contributed by atoms with Crippen LogP contribution in [0.4, 0.5) is 11.4 Å². The van der Waals surface area contributed by atoms with Crippen LogP contribution in [0.3, 0.4) is 0 Å². The van der Waals surface area contributed by atoms with Crippen molar-refractivity contribution in [2.75, 3.05) is 11.2 Å². The maximum absolute atomic E-state index is 11.3. The zero-order valence-corrected chi connectivity index (χ0v) is 11.0. The standard InChI is InChI=1S/C12H13N3O3S/c1-8(16)15(19(17)18)14-12-7-6-11(13)9-4-2-3-5-10(9)12/h2-7,14H,13H2,1H3,(H,17,18). The number of carbonyl (C=O) groups excluding carboxylic acids is 1. The highest BCUT2D eigenvalue weighted by molar-refractivity contribution is 7.77. The van der Waals surface area contributed by atoms with E-state index >= 15 is 0 Å². The zero-order valence-electron chi connectivity index (χ0n) is 10.2. The Kier molecular flexibility index (Phi) is 3.68. The average Bonchev–Trinajstić information content (AvgIpc) is 2.37. The normalized spacial score (nSPS) is 12.1. The average molecular weight is 279 g/mol. The molecule has 1 atom stereocenters. The molecule has 0 aliphatic heterocycles. The smallest absolute Gasteiger partial charge is 0.284 e. The number of anilines is 2. The molecular weight excluding hydrogens is 266 g/mol. The molecule has 6 nitrogen and oxygen atoms in total. The van der Waals surface area contributed by atoms with Crippen LogP contribution in [-0.4, -0.2) is 19.1 Å². The van der Waals surface area contributed by atoms with Crippen molar-refractivity contribution in [1.29, 1.82) is 0 Å². The number of carbonyl (C=O) groups is 1. The summed E-state index contributed by atoms with van der Waals surface area (Å²) in [5.41, 5.74) is 9.61. The summed E-state index contributed by atoms with van der Waals surface area (Å²) in [6, 6.07) is 10.6. The lowest BCUT2D eigenvalue weighted by Gasteiger charge is -2.19. The minimum Gasteiger partial charge on any atom is -0.398 e. The van der Waals surface area contributed by atoms with Crippen LogP contribution in [-0.2, 0) is 16.1 Å². The number of nitrogens with zero attached hydrogens (tertiary/aromatic N) is 1. The summed E-state index contributed by atoms with van der Waals surface area (Å²) < 4.78 is 20.8. The number of nitrogens with two attached hydrogens (primary N) is 1. The van der Waals surface area contributed by atoms with E-state index in [0.29, 0.717) is 15.8 Å². The Labute approximate surface area is 112 Å². The van der Waals surface area contributed by atoms with Crippen molar-refractivity contribution in [3.63, 3.8) is 0 Å². The minimum atomic E-state index is -2.44. The van der Waals surface area contributed by atoms with Crippen molar-refractivity contribution < 1.29 is 13.6 Å². The Morgan fingerprint density at radius 1 is 1.26 bits per heavy atom. The molecule has 0 spiro atoms. The van der Waals surface area contributed by atoms with Gasteiger partial charge in [0, 0.05) is 23.4 Å². The number of hydrogen-bond donors (Lipinski definition) is 3. The number of fused-ring (bicyclic) bond motifs is 1. The van der Waals surface area contributed by atoms with Crippen LogP contribution in [0, 0.1) is 0 Å². The molecule has 0 saturated heterocycles. The lowest BCUT2D eigenvalue weighted by molar-refractivity contribution is -0.123. The molecule has 0 aliphatic carbocycles. The lowest BCUT2D eigenvalue weighted by Crippen LogP contribution is -2.35. The van der Waals surface area contributed by atoms with Crippen LogP contribution in [0.25, 0.3) is 10.8 Å². The van der Waals surface area contributed by atoms with E-state index in [2.05, 4.69) is 5.43 Å². The first-order chi connectivity index (χ1) is 9.00. The summed E-state index contributed by atoms with van der Waals surface area (Å²) >= 11 is -2.44. The molecule has 100 valence electrons. The highest BCUT2D eigenvalue weighted by Gasteiger charge is 2.16. The van der Waals surface area contributed by atoms with Gasteiger partial charge in [0.2, 0.25) is 0 Å². The van der Waals surface area contributed by atoms with Gasteiger partial charge in [0.15, 0.2) is 0 Å². The fraction of sp³-hybridized carbons (Fsp3) is 0.0833. The summed E-state index contributed by atoms with van der Waals surface area (Å²) in [4.78, 5) is 11.3. The van der Waals surface area contributed by atoms with Crippen molar-refractivity contribution in [3.05, 3.63) is 36.4 Å². The molecule has 0 fully saturated rings. The molecule has 2 aromatic carbocycles. The largest absolute Gasteiger partial charge is 0.398 e. The van der Waals surface area contributed by atoms with Gasteiger partial charge in [-0.15, -0.1) is 4.41 Å². The third kappa shape index (κ3) is 2.67. The fourth-order valence-corrected chi connectivity index (χ4v) is 2.15. The van der Waals surface area contributed by atoms with Gasteiger partial charge in [-0.25, -0.2) is 4.21 Å². The highest BCUT2D eigenvalue weighted by atomic mass is 32.2. The van der Waals surface area contributed by atoms with E-state index in [1.807, 2.05) is 24.3 Å². The van der Waals surface area contributed by atoms with Gasteiger partial charge in [-0.2, -0.15) is 0 Å². The number of hydrazine groups is 1. The first kappa shape index (κ1) is 13.3. The molecule has 0 saturated carbocycles. The molecule has 2 aromatic rings. The Bertz CT molecular complexity index is 646. The fourth-order valence-electron chi connectivity index (χ4n) is 1.76. The molecular formula is C12H13N3O3S. The highest BCUT2D eigenvalue weighted by Crippen LogP contribution is 2.28. The van der Waals surface area contributed by atoms with E-state index in [1.165, 1.54) is 6.92 Å². The maximum atomic E-state index is 11.3. The van der Waals surface area contributed by atoms with Gasteiger partial charge in [0.1, 0.15) is 0 Å². The second-order valence-corrected chi connectivity index (χ2v) is 4.73. The Hall–Kier alpha value is -2.12. The predicted molar refractivity (Wildman–Crippen MR) is 75.3 cm³/mol. The first-order valence-electron chi connectivity index (χ1n) is 5.46. The molecule has 0 bridgehead atoms. The number of nitrogen functional groups attached to an aromatic ring is 1. The third-order valence-corrected chi connectivity index (χ3v) is 3.28. The van der Waals surface area contributed by atoms with Crippen molar-refractivity contribution in [3.8, 4) is 0 Å². The second kappa shape index (κ2) is 5.25. The molecule has 0 heterocycles. The lowest BCUT2D eigenvalue weighted by atomic mass is 10.1. The van der Waals surface area contributed by atoms with Crippen LogP contribution in [0.2, 0.25) is 0 Å². The van der Waals surface area contributed by atoms with Crippen molar-refractivity contribution in [2.24, 2.45) is 0 Å². The molecule has 0 aliphatic rings. The molecule has 19 heavy (non-hydrogen) atoms. The SMILES string of the molecule is CC(=O)N(Nc1ccc(N)c2ccccc12)S(=O)O. The first-order valence-corrected chi connectivity index (χ1v) is 6.52. The Morgan fingerprint density at radius 3 is 2.47 bits per heavy atom. The quantitative estimate of drug-likeness (QED) is 0.452. The minimum absolute atomic E-state index is 0.530. The van der Waals surface area contributed by atoms with Crippen molar-refractivity contribution in [2.45, 2.75) is 6.92 Å². The number of amides is 1. The van der Waals surface area contributed by atoms with Gasteiger partial charge >= 0.3 is 0 Å². The van der Waals surface area contributed by atoms with E-state index in [-0.39, 0.29) is 0 Å². The topological polar surface area (TPSA) is 95.7 Å². The third-order valence-electron chi connectivity index (χ3n) is 2.62. The van der Waals surface area contributed by atoms with E-state index in [1.54, 1.807) is 12.1 Å². The molecule has 0 aromatic heterocycles. The second-order valence-electron chi connectivity index (χ2n) is 3.90. The molecule has 1 unspecified atom stereocenters. The van der Waals surface area contributed by atoms with Gasteiger partial charge < -0.3 is 5.73 Å². The predicted octanol–water partition coefficient (Wildman–Crippen LogP) is 1.73. The summed E-state index contributed by atoms with van der Waals surface area (Å²) in [5.74, 6) is -0.568. The zero-order chi connectivity index (χ0) is 14.0. The molecule has 1 amide bonds. The maximum Gasteiger partial charge on any atom is 0.284 e. The summed E-state index contributed by atoms with van der Waals surface area (Å²) in [7, 11) is 0. The van der Waals surface area contributed by atoms with Crippen LogP contribution in [0.5, 0.6) is 0 Å². The number of nitrogens with one attached hydrogen (secondary N) is 1. The van der Waals surface area contributed by atoms with Gasteiger partial charge in [0.05, 0.1) is 5.69 Å². The summed E-state index contributed by atoms with van der Waals surface area (Å²) in [6.45, 7) is 1.20. The number of hydrogen-bond acceptors (Lipinski definition) is 4. The Morgan fingerprint density at radius 2 is 1.89 bits per heavy atom. The van der Waals surface area contributed by atoms with Gasteiger partial charge in [0.25, 0.3) is 17.2 Å². The molecule has 0 radical (unpaired) electrons. The number of benzene rings is 2. The van der Waals surface area contributed by atoms with Crippen LogP contribution in [0.1, 0.15) is 6.92 Å². The van der Waals surface area contributed by atoms with Crippen LogP contribution in [0.15, 0.2) is 36.4 Å². The van der Waals surface area contributed by atoms with Crippen molar-refractivity contribution in [1.82, 2.24) is 4.41 Å². The van der Waals surface area contributed by atoms with E-state index < -0.39 is 17.2 Å². The molecule has 7 heteroatoms. The van der Waals surface area contributed by atoms with Gasteiger partial charge in [-0.1, -0.05) is 24.3 Å².